The number of para-hydroxylation sites is 1. The Labute approximate surface area is 109 Å². The Balaban J connectivity index is 2.21. The summed E-state index contributed by atoms with van der Waals surface area (Å²) in [5.41, 5.74) is 8.66. The van der Waals surface area contributed by atoms with Gasteiger partial charge in [-0.3, -0.25) is 4.79 Å². The number of rotatable bonds is 5. The lowest BCUT2D eigenvalue weighted by atomic mass is 10.1. The van der Waals surface area contributed by atoms with Crippen molar-refractivity contribution in [3.05, 3.63) is 36.0 Å². The maximum Gasteiger partial charge on any atom is 0.326 e. The molecule has 1 heterocycles. The zero-order valence-corrected chi connectivity index (χ0v) is 10.1. The Kier molecular flexibility index (Phi) is 3.82. The van der Waals surface area contributed by atoms with E-state index in [0.717, 1.165) is 16.5 Å². The van der Waals surface area contributed by atoms with Gasteiger partial charge in [-0.25, -0.2) is 10.5 Å². The first-order valence-corrected chi connectivity index (χ1v) is 5.83. The van der Waals surface area contributed by atoms with E-state index in [1.807, 2.05) is 24.3 Å². The third-order valence-corrected chi connectivity index (χ3v) is 2.89. The summed E-state index contributed by atoms with van der Waals surface area (Å²) < 4.78 is 0. The number of carboxylic acid groups (broad SMARTS) is 1. The predicted molar refractivity (Wildman–Crippen MR) is 69.5 cm³/mol. The summed E-state index contributed by atoms with van der Waals surface area (Å²) in [4.78, 5) is 25.3. The fourth-order valence-corrected chi connectivity index (χ4v) is 1.97. The summed E-state index contributed by atoms with van der Waals surface area (Å²) in [6, 6.07) is 6.54. The topological polar surface area (TPSA) is 106 Å². The first-order chi connectivity index (χ1) is 9.11. The standard InChI is InChI=1S/C13H14N3O3/c14-6-12(17)16-11(13(18)19)5-8-7-15-10-4-2-1-3-9(8)10/h1-4,7,11,14-15H,5-6H2,(H,16,17)(H,18,19)/t11-/m0/s1. The second-order valence-corrected chi connectivity index (χ2v) is 4.20. The van der Waals surface area contributed by atoms with Crippen molar-refractivity contribution in [2.24, 2.45) is 0 Å². The Bertz CT molecular complexity index is 606. The number of carbonyl (C=O) groups excluding carboxylic acids is 1. The lowest BCUT2D eigenvalue weighted by molar-refractivity contribution is -0.141. The summed E-state index contributed by atoms with van der Waals surface area (Å²) in [7, 11) is 0. The van der Waals surface area contributed by atoms with Crippen LogP contribution in [0.25, 0.3) is 10.9 Å². The summed E-state index contributed by atoms with van der Waals surface area (Å²) in [6.45, 7) is -0.475. The molecule has 1 aromatic heterocycles. The van der Waals surface area contributed by atoms with E-state index in [1.165, 1.54) is 0 Å². The average Bonchev–Trinajstić information content (AvgIpc) is 2.81. The van der Waals surface area contributed by atoms with Gasteiger partial charge in [0.2, 0.25) is 5.91 Å². The number of aromatic amines is 1. The summed E-state index contributed by atoms with van der Waals surface area (Å²) in [5, 5.41) is 12.4. The number of benzene rings is 1. The SMILES string of the molecule is [NH]CC(=O)N[C@@H](Cc1c[nH]c2ccccc12)C(=O)O. The van der Waals surface area contributed by atoms with Crippen molar-refractivity contribution in [1.82, 2.24) is 16.0 Å². The Morgan fingerprint density at radius 2 is 2.11 bits per heavy atom. The van der Waals surface area contributed by atoms with Gasteiger partial charge in [-0.15, -0.1) is 0 Å². The van der Waals surface area contributed by atoms with Crippen molar-refractivity contribution in [3.8, 4) is 0 Å². The van der Waals surface area contributed by atoms with Gasteiger partial charge in [-0.1, -0.05) is 18.2 Å². The number of aliphatic carboxylic acids is 1. The molecule has 2 aromatic rings. The van der Waals surface area contributed by atoms with E-state index in [1.54, 1.807) is 6.20 Å². The number of fused-ring (bicyclic) bond motifs is 1. The molecule has 19 heavy (non-hydrogen) atoms. The quantitative estimate of drug-likeness (QED) is 0.731. The Morgan fingerprint density at radius 3 is 2.79 bits per heavy atom. The number of hydrogen-bond donors (Lipinski definition) is 3. The molecule has 0 saturated carbocycles. The maximum atomic E-state index is 11.1. The lowest BCUT2D eigenvalue weighted by Crippen LogP contribution is -2.43. The third-order valence-electron chi connectivity index (χ3n) is 2.89. The van der Waals surface area contributed by atoms with E-state index in [0.29, 0.717) is 0 Å². The molecule has 0 aliphatic rings. The van der Waals surface area contributed by atoms with Crippen LogP contribution in [0.15, 0.2) is 30.5 Å². The van der Waals surface area contributed by atoms with Gasteiger partial charge in [0.1, 0.15) is 6.04 Å². The monoisotopic (exact) mass is 260 g/mol. The molecule has 0 unspecified atom stereocenters. The van der Waals surface area contributed by atoms with Gasteiger partial charge in [0.05, 0.1) is 6.54 Å². The van der Waals surface area contributed by atoms with Crippen LogP contribution in [0, 0.1) is 0 Å². The number of H-pyrrole nitrogens is 1. The van der Waals surface area contributed by atoms with E-state index in [4.69, 9.17) is 10.8 Å². The predicted octanol–water partition coefficient (Wildman–Crippen LogP) is 0.563. The smallest absolute Gasteiger partial charge is 0.326 e. The molecule has 2 rings (SSSR count). The molecule has 0 saturated heterocycles. The van der Waals surface area contributed by atoms with Gasteiger partial charge in [0.15, 0.2) is 0 Å². The fourth-order valence-electron chi connectivity index (χ4n) is 1.97. The van der Waals surface area contributed by atoms with E-state index in [-0.39, 0.29) is 6.42 Å². The molecule has 0 spiro atoms. The second kappa shape index (κ2) is 5.53. The minimum atomic E-state index is -1.10. The van der Waals surface area contributed by atoms with Crippen LogP contribution >= 0.6 is 0 Å². The van der Waals surface area contributed by atoms with E-state index in [9.17, 15) is 9.59 Å². The van der Waals surface area contributed by atoms with Crippen molar-refractivity contribution >= 4 is 22.8 Å². The number of carboxylic acids is 1. The summed E-state index contributed by atoms with van der Waals surface area (Å²) >= 11 is 0. The molecular weight excluding hydrogens is 246 g/mol. The highest BCUT2D eigenvalue weighted by molar-refractivity contribution is 5.87. The van der Waals surface area contributed by atoms with Crippen molar-refractivity contribution in [2.75, 3.05) is 6.54 Å². The highest BCUT2D eigenvalue weighted by Crippen LogP contribution is 2.19. The van der Waals surface area contributed by atoms with Crippen molar-refractivity contribution in [3.63, 3.8) is 0 Å². The van der Waals surface area contributed by atoms with E-state index < -0.39 is 24.5 Å². The number of carbonyl (C=O) groups is 2. The minimum Gasteiger partial charge on any atom is -0.480 e. The lowest BCUT2D eigenvalue weighted by Gasteiger charge is -2.13. The molecule has 99 valence electrons. The van der Waals surface area contributed by atoms with Crippen LogP contribution in [0.4, 0.5) is 0 Å². The molecule has 1 radical (unpaired) electrons. The van der Waals surface area contributed by atoms with Gasteiger partial charge < -0.3 is 15.4 Å². The summed E-state index contributed by atoms with van der Waals surface area (Å²) in [6.07, 6.45) is 1.93. The maximum absolute atomic E-state index is 11.1. The highest BCUT2D eigenvalue weighted by Gasteiger charge is 2.21. The van der Waals surface area contributed by atoms with Gasteiger partial charge in [-0.2, -0.15) is 0 Å². The minimum absolute atomic E-state index is 0.186. The molecule has 0 fully saturated rings. The summed E-state index contributed by atoms with van der Waals surface area (Å²) in [5.74, 6) is -1.70. The van der Waals surface area contributed by atoms with Gasteiger partial charge in [0, 0.05) is 23.5 Å². The third kappa shape index (κ3) is 2.92. The van der Waals surface area contributed by atoms with Crippen molar-refractivity contribution in [1.29, 1.82) is 0 Å². The van der Waals surface area contributed by atoms with Crippen LogP contribution in [-0.4, -0.2) is 34.6 Å². The first-order valence-electron chi connectivity index (χ1n) is 5.83. The van der Waals surface area contributed by atoms with Crippen LogP contribution in [-0.2, 0) is 16.0 Å². The molecular formula is C13H14N3O3. The second-order valence-electron chi connectivity index (χ2n) is 4.20. The first kappa shape index (κ1) is 13.1. The average molecular weight is 260 g/mol. The molecule has 6 heteroatoms. The van der Waals surface area contributed by atoms with Crippen LogP contribution in [0.5, 0.6) is 0 Å². The Morgan fingerprint density at radius 1 is 1.37 bits per heavy atom. The molecule has 1 atom stereocenters. The molecule has 1 aromatic carbocycles. The van der Waals surface area contributed by atoms with Crippen LogP contribution in [0.1, 0.15) is 5.56 Å². The largest absolute Gasteiger partial charge is 0.480 e. The van der Waals surface area contributed by atoms with E-state index >= 15 is 0 Å². The van der Waals surface area contributed by atoms with Gasteiger partial charge in [0.25, 0.3) is 0 Å². The molecule has 0 aliphatic heterocycles. The molecule has 4 N–H and O–H groups in total. The molecule has 6 nitrogen and oxygen atoms in total. The fraction of sp³-hybridized carbons (Fsp3) is 0.231. The van der Waals surface area contributed by atoms with Gasteiger partial charge in [-0.05, 0) is 11.6 Å². The number of nitrogens with one attached hydrogen (secondary N) is 3. The van der Waals surface area contributed by atoms with Crippen molar-refractivity contribution in [2.45, 2.75) is 12.5 Å². The normalized spacial score (nSPS) is 12.3. The van der Waals surface area contributed by atoms with Crippen molar-refractivity contribution < 1.29 is 14.7 Å². The van der Waals surface area contributed by atoms with Crippen LogP contribution in [0.3, 0.4) is 0 Å². The number of amides is 1. The van der Waals surface area contributed by atoms with E-state index in [2.05, 4.69) is 10.3 Å². The number of hydrogen-bond acceptors (Lipinski definition) is 2. The molecule has 1 amide bonds. The molecule has 0 bridgehead atoms. The number of aromatic nitrogens is 1. The van der Waals surface area contributed by atoms with Crippen LogP contribution < -0.4 is 11.1 Å². The zero-order valence-electron chi connectivity index (χ0n) is 10.1. The zero-order chi connectivity index (χ0) is 13.8. The highest BCUT2D eigenvalue weighted by atomic mass is 16.4. The van der Waals surface area contributed by atoms with Gasteiger partial charge >= 0.3 is 5.97 Å². The molecule has 0 aliphatic carbocycles. The Hall–Kier alpha value is -2.34. The van der Waals surface area contributed by atoms with Crippen LogP contribution in [0.2, 0.25) is 0 Å².